The summed E-state index contributed by atoms with van der Waals surface area (Å²) < 4.78 is 0. The maximum Gasteiger partial charge on any atom is 0.335 e. The molecule has 0 radical (unpaired) electrons. The second-order valence-electron chi connectivity index (χ2n) is 5.79. The number of carbonyl (C=O) groups is 2. The fourth-order valence-corrected chi connectivity index (χ4v) is 3.41. The lowest BCUT2D eigenvalue weighted by Crippen LogP contribution is -2.50. The SMILES string of the molecule is CC(C)Sc1ccccc1C(=O)N1CCC(O)(C(=O)O)CC1. The molecule has 1 heterocycles. The molecular weight excluding hydrogens is 302 g/mol. The summed E-state index contributed by atoms with van der Waals surface area (Å²) in [4.78, 5) is 26.3. The van der Waals surface area contributed by atoms with Gasteiger partial charge in [-0.3, -0.25) is 4.79 Å². The van der Waals surface area contributed by atoms with Gasteiger partial charge in [-0.15, -0.1) is 11.8 Å². The van der Waals surface area contributed by atoms with Crippen molar-refractivity contribution in [1.29, 1.82) is 0 Å². The van der Waals surface area contributed by atoms with Crippen molar-refractivity contribution in [1.82, 2.24) is 4.90 Å². The topological polar surface area (TPSA) is 77.8 Å². The van der Waals surface area contributed by atoms with Crippen molar-refractivity contribution in [2.24, 2.45) is 0 Å². The van der Waals surface area contributed by atoms with Crippen LogP contribution in [-0.2, 0) is 4.79 Å². The second kappa shape index (κ2) is 6.71. The summed E-state index contributed by atoms with van der Waals surface area (Å²) in [5.41, 5.74) is -1.06. The van der Waals surface area contributed by atoms with Crippen LogP contribution in [0.4, 0.5) is 0 Å². The summed E-state index contributed by atoms with van der Waals surface area (Å²) in [5, 5.41) is 19.3. The number of thioether (sulfide) groups is 1. The third kappa shape index (κ3) is 3.62. The third-order valence-corrected chi connectivity index (χ3v) is 4.84. The number of likely N-dealkylation sites (tertiary alicyclic amines) is 1. The quantitative estimate of drug-likeness (QED) is 0.831. The Labute approximate surface area is 134 Å². The predicted molar refractivity (Wildman–Crippen MR) is 85.2 cm³/mol. The van der Waals surface area contributed by atoms with Gasteiger partial charge in [-0.2, -0.15) is 0 Å². The number of nitrogens with zero attached hydrogens (tertiary/aromatic N) is 1. The number of benzene rings is 1. The van der Waals surface area contributed by atoms with Crippen LogP contribution in [0.3, 0.4) is 0 Å². The summed E-state index contributed by atoms with van der Waals surface area (Å²) in [6.07, 6.45) is 0.126. The molecular formula is C16H21NO4S. The third-order valence-electron chi connectivity index (χ3n) is 3.76. The van der Waals surface area contributed by atoms with E-state index in [1.807, 2.05) is 18.2 Å². The molecule has 1 aliphatic heterocycles. The number of amides is 1. The van der Waals surface area contributed by atoms with Crippen molar-refractivity contribution >= 4 is 23.6 Å². The minimum atomic E-state index is -1.71. The average molecular weight is 323 g/mol. The van der Waals surface area contributed by atoms with Crippen LogP contribution in [0.2, 0.25) is 0 Å². The van der Waals surface area contributed by atoms with Gasteiger partial charge in [-0.25, -0.2) is 4.79 Å². The van der Waals surface area contributed by atoms with Crippen LogP contribution in [0.5, 0.6) is 0 Å². The van der Waals surface area contributed by atoms with Gasteiger partial charge in [-0.05, 0) is 12.1 Å². The molecule has 120 valence electrons. The van der Waals surface area contributed by atoms with Gasteiger partial charge in [0.25, 0.3) is 5.91 Å². The molecule has 0 unspecified atom stereocenters. The number of piperidine rings is 1. The summed E-state index contributed by atoms with van der Waals surface area (Å²) in [7, 11) is 0. The first-order valence-electron chi connectivity index (χ1n) is 7.34. The highest BCUT2D eigenvalue weighted by atomic mass is 32.2. The van der Waals surface area contributed by atoms with Gasteiger partial charge >= 0.3 is 5.97 Å². The van der Waals surface area contributed by atoms with Gasteiger partial charge in [0, 0.05) is 36.1 Å². The molecule has 0 saturated carbocycles. The number of aliphatic hydroxyl groups is 1. The molecule has 1 amide bonds. The average Bonchev–Trinajstić information content (AvgIpc) is 2.47. The summed E-state index contributed by atoms with van der Waals surface area (Å²) >= 11 is 1.63. The van der Waals surface area contributed by atoms with Crippen molar-refractivity contribution < 1.29 is 19.8 Å². The number of aliphatic carboxylic acids is 1. The van der Waals surface area contributed by atoms with Gasteiger partial charge in [0.2, 0.25) is 0 Å². The van der Waals surface area contributed by atoms with E-state index in [0.29, 0.717) is 10.8 Å². The van der Waals surface area contributed by atoms with E-state index in [9.17, 15) is 14.7 Å². The molecule has 1 aromatic carbocycles. The first-order valence-corrected chi connectivity index (χ1v) is 8.22. The van der Waals surface area contributed by atoms with E-state index in [-0.39, 0.29) is 31.8 Å². The molecule has 0 aliphatic carbocycles. The van der Waals surface area contributed by atoms with Gasteiger partial charge in [0.1, 0.15) is 0 Å². The Kier molecular flexibility index (Phi) is 5.13. The van der Waals surface area contributed by atoms with E-state index < -0.39 is 11.6 Å². The molecule has 0 atom stereocenters. The minimum absolute atomic E-state index is 0.0631. The molecule has 0 aromatic heterocycles. The van der Waals surface area contributed by atoms with Gasteiger partial charge in [-0.1, -0.05) is 26.0 Å². The fraction of sp³-hybridized carbons (Fsp3) is 0.500. The molecule has 22 heavy (non-hydrogen) atoms. The molecule has 0 bridgehead atoms. The maximum atomic E-state index is 12.7. The Hall–Kier alpha value is -1.53. The highest BCUT2D eigenvalue weighted by Crippen LogP contribution is 2.29. The molecule has 5 nitrogen and oxygen atoms in total. The Morgan fingerprint density at radius 2 is 1.82 bits per heavy atom. The Morgan fingerprint density at radius 1 is 1.23 bits per heavy atom. The highest BCUT2D eigenvalue weighted by Gasteiger charge is 2.40. The number of carboxylic acid groups (broad SMARTS) is 1. The van der Waals surface area contributed by atoms with Crippen molar-refractivity contribution in [3.63, 3.8) is 0 Å². The molecule has 2 rings (SSSR count). The Morgan fingerprint density at radius 3 is 2.36 bits per heavy atom. The molecule has 6 heteroatoms. The van der Waals surface area contributed by atoms with E-state index in [2.05, 4.69) is 13.8 Å². The molecule has 1 aliphatic rings. The minimum Gasteiger partial charge on any atom is -0.479 e. The van der Waals surface area contributed by atoms with Gasteiger partial charge in [0.05, 0.1) is 5.56 Å². The van der Waals surface area contributed by atoms with E-state index in [1.165, 1.54) is 0 Å². The zero-order valence-electron chi connectivity index (χ0n) is 12.8. The van der Waals surface area contributed by atoms with E-state index in [1.54, 1.807) is 22.7 Å². The largest absolute Gasteiger partial charge is 0.479 e. The van der Waals surface area contributed by atoms with Gasteiger partial charge in [0.15, 0.2) is 5.60 Å². The molecule has 0 spiro atoms. The second-order valence-corrected chi connectivity index (χ2v) is 7.41. The van der Waals surface area contributed by atoms with Crippen molar-refractivity contribution in [2.45, 2.75) is 42.4 Å². The number of rotatable bonds is 4. The van der Waals surface area contributed by atoms with Crippen molar-refractivity contribution in [3.05, 3.63) is 29.8 Å². The normalized spacial score (nSPS) is 17.5. The smallest absolute Gasteiger partial charge is 0.335 e. The number of hydrogen-bond acceptors (Lipinski definition) is 4. The van der Waals surface area contributed by atoms with Crippen LogP contribution in [0, 0.1) is 0 Å². The predicted octanol–water partition coefficient (Wildman–Crippen LogP) is 2.24. The lowest BCUT2D eigenvalue weighted by molar-refractivity contribution is -0.162. The van der Waals surface area contributed by atoms with Crippen LogP contribution < -0.4 is 0 Å². The van der Waals surface area contributed by atoms with E-state index in [0.717, 1.165) is 4.90 Å². The lowest BCUT2D eigenvalue weighted by Gasteiger charge is -2.35. The summed E-state index contributed by atoms with van der Waals surface area (Å²) in [6, 6.07) is 7.45. The van der Waals surface area contributed by atoms with E-state index in [4.69, 9.17) is 5.11 Å². The van der Waals surface area contributed by atoms with Crippen molar-refractivity contribution in [3.8, 4) is 0 Å². The monoisotopic (exact) mass is 323 g/mol. The highest BCUT2D eigenvalue weighted by molar-refractivity contribution is 8.00. The van der Waals surface area contributed by atoms with Crippen LogP contribution in [-0.4, -0.2) is 50.9 Å². The standard InChI is InChI=1S/C16H21NO4S/c1-11(2)22-13-6-4-3-5-12(13)14(18)17-9-7-16(21,8-10-17)15(19)20/h3-6,11,21H,7-10H2,1-2H3,(H,19,20). The van der Waals surface area contributed by atoms with Crippen LogP contribution in [0.25, 0.3) is 0 Å². The Balaban J connectivity index is 2.12. The molecule has 2 N–H and O–H groups in total. The molecule has 1 fully saturated rings. The van der Waals surface area contributed by atoms with Gasteiger partial charge < -0.3 is 15.1 Å². The van der Waals surface area contributed by atoms with Crippen LogP contribution in [0.1, 0.15) is 37.0 Å². The van der Waals surface area contributed by atoms with Crippen LogP contribution in [0.15, 0.2) is 29.2 Å². The first-order chi connectivity index (χ1) is 10.3. The van der Waals surface area contributed by atoms with Crippen LogP contribution >= 0.6 is 11.8 Å². The zero-order valence-corrected chi connectivity index (χ0v) is 13.6. The van der Waals surface area contributed by atoms with E-state index >= 15 is 0 Å². The number of hydrogen-bond donors (Lipinski definition) is 2. The molecule has 1 aromatic rings. The number of carboxylic acids is 1. The van der Waals surface area contributed by atoms with Crippen molar-refractivity contribution in [2.75, 3.05) is 13.1 Å². The summed E-state index contributed by atoms with van der Waals surface area (Å²) in [5.74, 6) is -1.31. The fourth-order valence-electron chi connectivity index (χ4n) is 2.46. The summed E-state index contributed by atoms with van der Waals surface area (Å²) in [6.45, 7) is 4.64. The Bertz CT molecular complexity index is 565. The number of carbonyl (C=O) groups excluding carboxylic acids is 1. The zero-order chi connectivity index (χ0) is 16.3. The maximum absolute atomic E-state index is 12.7. The lowest BCUT2D eigenvalue weighted by atomic mass is 9.91. The first kappa shape index (κ1) is 16.8. The molecule has 1 saturated heterocycles.